The van der Waals surface area contributed by atoms with E-state index in [1.807, 2.05) is 0 Å². The van der Waals surface area contributed by atoms with E-state index < -0.39 is 28.1 Å². The van der Waals surface area contributed by atoms with Crippen molar-refractivity contribution in [2.45, 2.75) is 0 Å². The lowest BCUT2D eigenvalue weighted by atomic mass is 10.2. The second kappa shape index (κ2) is 2.98. The molecule has 1 aromatic rings. The van der Waals surface area contributed by atoms with Gasteiger partial charge in [0.15, 0.2) is 11.5 Å². The van der Waals surface area contributed by atoms with E-state index in [0.29, 0.717) is 6.07 Å². The molecular weight excluding hydrogens is 187 g/mol. The molecule has 0 bridgehead atoms. The summed E-state index contributed by atoms with van der Waals surface area (Å²) in [5.41, 5.74) is -0.450. The molecule has 0 aliphatic heterocycles. The molecule has 0 saturated heterocycles. The lowest BCUT2D eigenvalue weighted by Gasteiger charge is -2.01. The van der Waals surface area contributed by atoms with Gasteiger partial charge in [0.05, 0.1) is 5.56 Å². The highest BCUT2D eigenvalue weighted by molar-refractivity contribution is 6.68. The van der Waals surface area contributed by atoms with E-state index in [4.69, 9.17) is 21.8 Å². The molecule has 12 heavy (non-hydrogen) atoms. The fourth-order valence-corrected chi connectivity index (χ4v) is 0.879. The van der Waals surface area contributed by atoms with Crippen LogP contribution < -0.4 is 0 Å². The number of benzene rings is 1. The Morgan fingerprint density at radius 2 is 2.00 bits per heavy atom. The van der Waals surface area contributed by atoms with E-state index in [1.54, 1.807) is 0 Å². The third kappa shape index (κ3) is 1.48. The minimum atomic E-state index is -1.03. The summed E-state index contributed by atoms with van der Waals surface area (Å²) in [5, 5.41) is 16.8. The minimum absolute atomic E-state index is 0.450. The van der Waals surface area contributed by atoms with E-state index in [9.17, 15) is 9.18 Å². The lowest BCUT2D eigenvalue weighted by molar-refractivity contribution is 0.107. The van der Waals surface area contributed by atoms with Crippen molar-refractivity contribution >= 4 is 16.8 Å². The Hall–Kier alpha value is -1.29. The Morgan fingerprint density at radius 1 is 1.42 bits per heavy atom. The van der Waals surface area contributed by atoms with Crippen LogP contribution in [0.3, 0.4) is 0 Å². The second-order valence-corrected chi connectivity index (χ2v) is 2.44. The fraction of sp³-hybridized carbons (Fsp3) is 0. The zero-order valence-corrected chi connectivity index (χ0v) is 6.47. The zero-order chi connectivity index (χ0) is 9.30. The number of aromatic hydroxyl groups is 2. The molecule has 3 nitrogen and oxygen atoms in total. The fourth-order valence-electron chi connectivity index (χ4n) is 0.735. The summed E-state index contributed by atoms with van der Waals surface area (Å²) in [6.45, 7) is 0. The molecule has 0 heterocycles. The van der Waals surface area contributed by atoms with Gasteiger partial charge in [0.2, 0.25) is 0 Å². The number of hydrogen-bond acceptors (Lipinski definition) is 3. The highest BCUT2D eigenvalue weighted by Gasteiger charge is 2.13. The van der Waals surface area contributed by atoms with Gasteiger partial charge in [-0.25, -0.2) is 4.39 Å². The summed E-state index contributed by atoms with van der Waals surface area (Å²) in [6, 6.07) is 1.42. The Morgan fingerprint density at radius 3 is 2.50 bits per heavy atom. The van der Waals surface area contributed by atoms with Crippen molar-refractivity contribution in [2.75, 3.05) is 0 Å². The van der Waals surface area contributed by atoms with Crippen LogP contribution in [0.5, 0.6) is 11.5 Å². The highest BCUT2D eigenvalue weighted by atomic mass is 35.5. The van der Waals surface area contributed by atoms with Gasteiger partial charge in [-0.05, 0) is 17.7 Å². The van der Waals surface area contributed by atoms with Gasteiger partial charge in [-0.15, -0.1) is 0 Å². The van der Waals surface area contributed by atoms with E-state index in [0.717, 1.165) is 6.07 Å². The maximum Gasteiger partial charge on any atom is 0.256 e. The van der Waals surface area contributed by atoms with Crippen LogP contribution in [0.4, 0.5) is 4.39 Å². The first kappa shape index (κ1) is 8.80. The minimum Gasteiger partial charge on any atom is -0.504 e. The summed E-state index contributed by atoms with van der Waals surface area (Å²) < 4.78 is 12.5. The number of carbonyl (C=O) groups excluding carboxylic acids is 1. The van der Waals surface area contributed by atoms with Crippen LogP contribution in [0.2, 0.25) is 0 Å². The molecule has 0 fully saturated rings. The quantitative estimate of drug-likeness (QED) is 0.523. The molecule has 1 aromatic carbocycles. The third-order valence-corrected chi connectivity index (χ3v) is 1.47. The van der Waals surface area contributed by atoms with Gasteiger partial charge >= 0.3 is 0 Å². The van der Waals surface area contributed by atoms with Crippen molar-refractivity contribution in [3.63, 3.8) is 0 Å². The van der Waals surface area contributed by atoms with Crippen LogP contribution >= 0.6 is 11.6 Å². The van der Waals surface area contributed by atoms with Crippen LogP contribution in [0.15, 0.2) is 12.1 Å². The molecular formula is C7H4ClFO3. The standard InChI is InChI=1S/C7H4ClFO3/c8-7(12)4-1-3(9)2-5(10)6(4)11/h1-2,10-11H. The average Bonchev–Trinajstić information content (AvgIpc) is 1.96. The van der Waals surface area contributed by atoms with E-state index in [2.05, 4.69) is 0 Å². The van der Waals surface area contributed by atoms with Gasteiger partial charge in [0.1, 0.15) is 5.82 Å². The predicted molar refractivity (Wildman–Crippen MR) is 39.9 cm³/mol. The van der Waals surface area contributed by atoms with Crippen LogP contribution in [0, 0.1) is 5.82 Å². The van der Waals surface area contributed by atoms with Crippen molar-refractivity contribution in [2.24, 2.45) is 0 Å². The first-order valence-corrected chi connectivity index (χ1v) is 3.31. The summed E-state index contributed by atoms with van der Waals surface area (Å²) in [5.74, 6) is -2.26. The molecule has 0 spiro atoms. The van der Waals surface area contributed by atoms with Crippen LogP contribution in [0.1, 0.15) is 10.4 Å². The van der Waals surface area contributed by atoms with Crippen molar-refractivity contribution in [1.29, 1.82) is 0 Å². The Kier molecular flexibility index (Phi) is 2.19. The molecule has 0 amide bonds. The first-order valence-electron chi connectivity index (χ1n) is 2.93. The maximum atomic E-state index is 12.5. The Balaban J connectivity index is 3.37. The maximum absolute atomic E-state index is 12.5. The number of phenolic OH excluding ortho intramolecular Hbond substituents is 2. The number of rotatable bonds is 1. The van der Waals surface area contributed by atoms with E-state index in [1.165, 1.54) is 0 Å². The third-order valence-electron chi connectivity index (χ3n) is 1.27. The Labute approximate surface area is 72.0 Å². The van der Waals surface area contributed by atoms with E-state index in [-0.39, 0.29) is 0 Å². The van der Waals surface area contributed by atoms with Gasteiger partial charge in [-0.3, -0.25) is 4.79 Å². The molecule has 2 N–H and O–H groups in total. The SMILES string of the molecule is O=C(Cl)c1cc(F)cc(O)c1O. The van der Waals surface area contributed by atoms with Gasteiger partial charge in [-0.1, -0.05) is 0 Å². The first-order chi connectivity index (χ1) is 5.52. The summed E-state index contributed by atoms with van der Waals surface area (Å²) in [4.78, 5) is 10.5. The zero-order valence-electron chi connectivity index (χ0n) is 5.71. The molecule has 5 heteroatoms. The summed E-state index contributed by atoms with van der Waals surface area (Å²) >= 11 is 4.98. The van der Waals surface area contributed by atoms with Crippen LogP contribution in [0.25, 0.3) is 0 Å². The van der Waals surface area contributed by atoms with Crippen molar-refractivity contribution in [3.05, 3.63) is 23.5 Å². The number of hydrogen-bond donors (Lipinski definition) is 2. The molecule has 0 radical (unpaired) electrons. The predicted octanol–water partition coefficient (Wildman–Crippen LogP) is 1.62. The van der Waals surface area contributed by atoms with Crippen molar-refractivity contribution in [3.8, 4) is 11.5 Å². The van der Waals surface area contributed by atoms with Crippen LogP contribution in [-0.4, -0.2) is 15.5 Å². The smallest absolute Gasteiger partial charge is 0.256 e. The number of halogens is 2. The summed E-state index contributed by atoms with van der Waals surface area (Å²) in [6.07, 6.45) is 0. The van der Waals surface area contributed by atoms with Gasteiger partial charge < -0.3 is 10.2 Å². The Bertz CT molecular complexity index is 338. The van der Waals surface area contributed by atoms with Gasteiger partial charge in [-0.2, -0.15) is 0 Å². The highest BCUT2D eigenvalue weighted by Crippen LogP contribution is 2.30. The molecule has 0 aromatic heterocycles. The lowest BCUT2D eigenvalue weighted by Crippen LogP contribution is -1.91. The molecule has 0 aliphatic rings. The normalized spacial score (nSPS) is 9.83. The molecule has 0 unspecified atom stereocenters. The molecule has 0 atom stereocenters. The largest absolute Gasteiger partial charge is 0.504 e. The topological polar surface area (TPSA) is 57.5 Å². The number of phenols is 2. The number of carbonyl (C=O) groups is 1. The molecule has 1 rings (SSSR count). The second-order valence-electron chi connectivity index (χ2n) is 2.09. The molecule has 0 saturated carbocycles. The van der Waals surface area contributed by atoms with Crippen molar-refractivity contribution in [1.82, 2.24) is 0 Å². The summed E-state index contributed by atoms with van der Waals surface area (Å²) in [7, 11) is 0. The van der Waals surface area contributed by atoms with Crippen LogP contribution in [-0.2, 0) is 0 Å². The van der Waals surface area contributed by atoms with E-state index >= 15 is 0 Å². The van der Waals surface area contributed by atoms with Crippen molar-refractivity contribution < 1.29 is 19.4 Å². The average molecular weight is 191 g/mol. The monoisotopic (exact) mass is 190 g/mol. The van der Waals surface area contributed by atoms with Gasteiger partial charge in [0, 0.05) is 6.07 Å². The van der Waals surface area contributed by atoms with Gasteiger partial charge in [0.25, 0.3) is 5.24 Å². The molecule has 64 valence electrons. The molecule has 0 aliphatic carbocycles.